The van der Waals surface area contributed by atoms with Gasteiger partial charge >= 0.3 is 6.09 Å². The molecule has 1 unspecified atom stereocenters. The van der Waals surface area contributed by atoms with Gasteiger partial charge in [0.25, 0.3) is 5.91 Å². The van der Waals surface area contributed by atoms with Gasteiger partial charge in [-0.25, -0.2) is 9.80 Å². The van der Waals surface area contributed by atoms with Crippen molar-refractivity contribution in [2.24, 2.45) is 16.4 Å². The minimum atomic E-state index is -0.772. The second-order valence-corrected chi connectivity index (χ2v) is 9.27. The number of nitrogens with zero attached hydrogens (tertiary/aromatic N) is 3. The van der Waals surface area contributed by atoms with Gasteiger partial charge in [0.2, 0.25) is 0 Å². The van der Waals surface area contributed by atoms with Crippen molar-refractivity contribution in [3.8, 4) is 0 Å². The molecular weight excluding hydrogens is 354 g/mol. The maximum atomic E-state index is 13.5. The number of benzene rings is 1. The first-order chi connectivity index (χ1) is 13.3. The summed E-state index contributed by atoms with van der Waals surface area (Å²) in [4.78, 5) is 27.9. The number of hydrogen-bond donors (Lipinski definition) is 0. The monoisotopic (exact) mass is 383 g/mol. The second-order valence-electron chi connectivity index (χ2n) is 9.27. The molecule has 1 saturated carbocycles. The van der Waals surface area contributed by atoms with Gasteiger partial charge in [-0.2, -0.15) is 5.10 Å². The molecule has 1 atom stereocenters. The Hall–Kier alpha value is -2.37. The second kappa shape index (κ2) is 6.90. The number of piperidine rings is 1. The van der Waals surface area contributed by atoms with Gasteiger partial charge in [-0.05, 0) is 51.5 Å². The van der Waals surface area contributed by atoms with Crippen LogP contribution < -0.4 is 0 Å². The Morgan fingerprint density at radius 1 is 1.25 bits per heavy atom. The molecular formula is C22H29N3O3. The Balaban J connectivity index is 1.61. The lowest BCUT2D eigenvalue weighted by atomic mass is 9.73. The van der Waals surface area contributed by atoms with Crippen molar-refractivity contribution in [2.45, 2.75) is 52.1 Å². The molecule has 1 aliphatic carbocycles. The number of carbonyl (C=O) groups excluding carboxylic acids is 2. The lowest BCUT2D eigenvalue weighted by Gasteiger charge is -2.39. The Morgan fingerprint density at radius 3 is 2.61 bits per heavy atom. The molecule has 2 heterocycles. The van der Waals surface area contributed by atoms with Gasteiger partial charge in [-0.15, -0.1) is 0 Å². The van der Waals surface area contributed by atoms with E-state index in [0.717, 1.165) is 11.3 Å². The van der Waals surface area contributed by atoms with Gasteiger partial charge in [0.05, 0.1) is 5.71 Å². The van der Waals surface area contributed by atoms with Crippen molar-refractivity contribution in [1.82, 2.24) is 9.91 Å². The summed E-state index contributed by atoms with van der Waals surface area (Å²) in [6.07, 6.45) is 3.16. The van der Waals surface area contributed by atoms with Crippen LogP contribution in [0.15, 0.2) is 35.4 Å². The van der Waals surface area contributed by atoms with E-state index < -0.39 is 11.0 Å². The zero-order valence-electron chi connectivity index (χ0n) is 17.0. The van der Waals surface area contributed by atoms with Crippen LogP contribution >= 0.6 is 0 Å². The third-order valence-corrected chi connectivity index (χ3v) is 5.65. The summed E-state index contributed by atoms with van der Waals surface area (Å²) in [7, 11) is 0. The van der Waals surface area contributed by atoms with Crippen molar-refractivity contribution in [3.63, 3.8) is 0 Å². The van der Waals surface area contributed by atoms with Crippen LogP contribution in [0, 0.1) is 11.3 Å². The Kier molecular flexibility index (Phi) is 4.68. The molecule has 6 heteroatoms. The highest BCUT2D eigenvalue weighted by atomic mass is 16.6. The fraction of sp³-hybridized carbons (Fsp3) is 0.591. The fourth-order valence-corrected chi connectivity index (χ4v) is 4.08. The molecule has 0 N–H and O–H groups in total. The number of rotatable bonds is 4. The maximum Gasteiger partial charge on any atom is 0.410 e. The maximum absolute atomic E-state index is 13.5. The fourth-order valence-electron chi connectivity index (χ4n) is 4.08. The minimum absolute atomic E-state index is 0.0338. The predicted molar refractivity (Wildman–Crippen MR) is 107 cm³/mol. The van der Waals surface area contributed by atoms with Crippen LogP contribution in [0.3, 0.4) is 0 Å². The van der Waals surface area contributed by atoms with E-state index in [1.807, 2.05) is 51.1 Å². The molecule has 28 heavy (non-hydrogen) atoms. The molecule has 0 bridgehead atoms. The van der Waals surface area contributed by atoms with Crippen molar-refractivity contribution in [1.29, 1.82) is 0 Å². The zero-order chi connectivity index (χ0) is 19.9. The quantitative estimate of drug-likeness (QED) is 0.800. The van der Waals surface area contributed by atoms with E-state index in [9.17, 15) is 9.59 Å². The van der Waals surface area contributed by atoms with Gasteiger partial charge in [-0.1, -0.05) is 30.3 Å². The summed E-state index contributed by atoms with van der Waals surface area (Å²) >= 11 is 0. The SMILES string of the molecule is CC(C)(C)OC(=O)N1CCC2=NN(CC3CC3)C(=O)C2(Cc2ccccc2)C1. The lowest BCUT2D eigenvalue weighted by Crippen LogP contribution is -2.56. The summed E-state index contributed by atoms with van der Waals surface area (Å²) < 4.78 is 5.58. The molecule has 0 spiro atoms. The van der Waals surface area contributed by atoms with Crippen LogP contribution in [0.4, 0.5) is 4.79 Å². The highest BCUT2D eigenvalue weighted by molar-refractivity contribution is 6.13. The number of hydrazone groups is 1. The number of hydrogen-bond acceptors (Lipinski definition) is 4. The molecule has 3 aliphatic rings. The third-order valence-electron chi connectivity index (χ3n) is 5.65. The first-order valence-electron chi connectivity index (χ1n) is 10.2. The van der Waals surface area contributed by atoms with E-state index in [1.54, 1.807) is 9.91 Å². The van der Waals surface area contributed by atoms with E-state index in [2.05, 4.69) is 0 Å². The predicted octanol–water partition coefficient (Wildman–Crippen LogP) is 3.46. The summed E-state index contributed by atoms with van der Waals surface area (Å²) in [5.41, 5.74) is 0.672. The highest BCUT2D eigenvalue weighted by Gasteiger charge is 2.55. The van der Waals surface area contributed by atoms with Crippen LogP contribution in [0.5, 0.6) is 0 Å². The zero-order valence-corrected chi connectivity index (χ0v) is 17.0. The Labute approximate surface area is 166 Å². The molecule has 0 aromatic heterocycles. The normalized spacial score (nSPS) is 24.8. The average molecular weight is 383 g/mol. The van der Waals surface area contributed by atoms with Gasteiger partial charge in [0.1, 0.15) is 11.0 Å². The van der Waals surface area contributed by atoms with Gasteiger partial charge in [0.15, 0.2) is 0 Å². The summed E-state index contributed by atoms with van der Waals surface area (Å²) in [6, 6.07) is 10.0. The molecule has 2 amide bonds. The molecule has 2 fully saturated rings. The van der Waals surface area contributed by atoms with E-state index >= 15 is 0 Å². The number of amides is 2. The summed E-state index contributed by atoms with van der Waals surface area (Å²) in [5.74, 6) is 0.607. The molecule has 4 rings (SSSR count). The van der Waals surface area contributed by atoms with Crippen molar-refractivity contribution < 1.29 is 14.3 Å². The number of fused-ring (bicyclic) bond motifs is 1. The van der Waals surface area contributed by atoms with Crippen molar-refractivity contribution in [3.05, 3.63) is 35.9 Å². The first kappa shape index (κ1) is 19.0. The van der Waals surface area contributed by atoms with Crippen LogP contribution in [-0.4, -0.2) is 52.9 Å². The molecule has 0 radical (unpaired) electrons. The molecule has 150 valence electrons. The van der Waals surface area contributed by atoms with Crippen LogP contribution in [-0.2, 0) is 16.0 Å². The largest absolute Gasteiger partial charge is 0.444 e. The molecule has 1 aromatic rings. The smallest absolute Gasteiger partial charge is 0.410 e. The van der Waals surface area contributed by atoms with E-state index in [1.165, 1.54) is 12.8 Å². The van der Waals surface area contributed by atoms with Gasteiger partial charge in [-0.3, -0.25) is 4.79 Å². The minimum Gasteiger partial charge on any atom is -0.444 e. The first-order valence-corrected chi connectivity index (χ1v) is 10.2. The topological polar surface area (TPSA) is 62.2 Å². The van der Waals surface area contributed by atoms with E-state index in [4.69, 9.17) is 9.84 Å². The highest BCUT2D eigenvalue weighted by Crippen LogP contribution is 2.41. The van der Waals surface area contributed by atoms with Crippen LogP contribution in [0.25, 0.3) is 0 Å². The summed E-state index contributed by atoms with van der Waals surface area (Å²) in [6.45, 7) is 7.15. The molecule has 2 aliphatic heterocycles. The average Bonchev–Trinajstić information content (AvgIpc) is 3.41. The van der Waals surface area contributed by atoms with Gasteiger partial charge < -0.3 is 9.64 Å². The third kappa shape index (κ3) is 3.77. The Morgan fingerprint density at radius 2 is 1.96 bits per heavy atom. The van der Waals surface area contributed by atoms with Crippen molar-refractivity contribution in [2.75, 3.05) is 19.6 Å². The molecule has 6 nitrogen and oxygen atoms in total. The number of carbonyl (C=O) groups is 2. The molecule has 1 saturated heterocycles. The Bertz CT molecular complexity index is 795. The van der Waals surface area contributed by atoms with E-state index in [-0.39, 0.29) is 12.0 Å². The van der Waals surface area contributed by atoms with Crippen molar-refractivity contribution >= 4 is 17.7 Å². The molecule has 1 aromatic carbocycles. The summed E-state index contributed by atoms with van der Waals surface area (Å²) in [5, 5.41) is 6.40. The number of ether oxygens (including phenoxy) is 1. The lowest BCUT2D eigenvalue weighted by molar-refractivity contribution is -0.137. The van der Waals surface area contributed by atoms with Gasteiger partial charge in [0, 0.05) is 26.1 Å². The number of likely N-dealkylation sites (tertiary alicyclic amines) is 1. The van der Waals surface area contributed by atoms with E-state index in [0.29, 0.717) is 38.4 Å². The van der Waals surface area contributed by atoms with Crippen LogP contribution in [0.2, 0.25) is 0 Å². The standard InChI is InChI=1S/C22H29N3O3/c1-21(2,3)28-20(27)24-12-11-18-22(15-24,13-16-7-5-4-6-8-16)19(26)25(23-18)14-17-9-10-17/h4-8,17H,9-15H2,1-3H3. The van der Waals surface area contributed by atoms with Crippen LogP contribution in [0.1, 0.15) is 45.6 Å².